The standard InChI is InChI=1S/C21H25N3O4/c25-21(23-17-6-7-19-20(12-17)28-11-3-10-27-19)24(15-18-5-2-9-26-18)14-16-4-1-8-22-13-16/h1,4,6-8,12-13,18H,2-3,5,9-11,14-15H2,(H,23,25). The molecule has 1 aromatic heterocycles. The zero-order chi connectivity index (χ0) is 19.2. The van der Waals surface area contributed by atoms with Gasteiger partial charge in [-0.25, -0.2) is 4.79 Å². The average molecular weight is 383 g/mol. The Balaban J connectivity index is 1.47. The van der Waals surface area contributed by atoms with E-state index >= 15 is 0 Å². The van der Waals surface area contributed by atoms with Gasteiger partial charge >= 0.3 is 6.03 Å². The molecule has 1 atom stereocenters. The monoisotopic (exact) mass is 383 g/mol. The van der Waals surface area contributed by atoms with Crippen LogP contribution in [0.4, 0.5) is 10.5 Å². The van der Waals surface area contributed by atoms with Gasteiger partial charge in [0.2, 0.25) is 0 Å². The number of hydrogen-bond donors (Lipinski definition) is 1. The highest BCUT2D eigenvalue weighted by atomic mass is 16.5. The van der Waals surface area contributed by atoms with Crippen molar-refractivity contribution in [2.45, 2.75) is 31.9 Å². The van der Waals surface area contributed by atoms with Crippen LogP contribution in [0.1, 0.15) is 24.8 Å². The summed E-state index contributed by atoms with van der Waals surface area (Å²) >= 11 is 0. The van der Waals surface area contributed by atoms with Crippen molar-refractivity contribution in [1.29, 1.82) is 0 Å². The molecule has 0 spiro atoms. The van der Waals surface area contributed by atoms with Crippen molar-refractivity contribution < 1.29 is 19.0 Å². The van der Waals surface area contributed by atoms with Crippen molar-refractivity contribution in [2.75, 3.05) is 31.7 Å². The van der Waals surface area contributed by atoms with E-state index in [0.29, 0.717) is 43.5 Å². The fourth-order valence-electron chi connectivity index (χ4n) is 3.41. The van der Waals surface area contributed by atoms with Crippen molar-refractivity contribution >= 4 is 11.7 Å². The molecule has 1 N–H and O–H groups in total. The van der Waals surface area contributed by atoms with Crippen LogP contribution in [0.25, 0.3) is 0 Å². The number of urea groups is 1. The summed E-state index contributed by atoms with van der Waals surface area (Å²) in [6.45, 7) is 3.03. The van der Waals surface area contributed by atoms with Gasteiger partial charge in [0, 0.05) is 50.3 Å². The van der Waals surface area contributed by atoms with Gasteiger partial charge in [0.15, 0.2) is 11.5 Å². The van der Waals surface area contributed by atoms with E-state index in [0.717, 1.165) is 31.4 Å². The lowest BCUT2D eigenvalue weighted by molar-refractivity contribution is 0.0819. The molecule has 148 valence electrons. The molecule has 2 aliphatic rings. The molecular formula is C21H25N3O4. The molecule has 28 heavy (non-hydrogen) atoms. The molecule has 4 rings (SSSR count). The molecule has 2 aromatic rings. The maximum atomic E-state index is 13.0. The number of nitrogens with one attached hydrogen (secondary N) is 1. The highest BCUT2D eigenvalue weighted by Gasteiger charge is 2.23. The van der Waals surface area contributed by atoms with Crippen LogP contribution < -0.4 is 14.8 Å². The van der Waals surface area contributed by atoms with Crippen molar-refractivity contribution in [1.82, 2.24) is 9.88 Å². The second-order valence-electron chi connectivity index (χ2n) is 7.02. The van der Waals surface area contributed by atoms with E-state index in [4.69, 9.17) is 14.2 Å². The van der Waals surface area contributed by atoms with Gasteiger partial charge in [-0.2, -0.15) is 0 Å². The lowest BCUT2D eigenvalue weighted by Gasteiger charge is -2.26. The van der Waals surface area contributed by atoms with Gasteiger partial charge in [-0.3, -0.25) is 4.98 Å². The molecule has 1 fully saturated rings. The van der Waals surface area contributed by atoms with E-state index in [1.54, 1.807) is 17.3 Å². The molecule has 7 nitrogen and oxygen atoms in total. The summed E-state index contributed by atoms with van der Waals surface area (Å²) in [6.07, 6.45) is 6.44. The summed E-state index contributed by atoms with van der Waals surface area (Å²) in [5.41, 5.74) is 1.66. The largest absolute Gasteiger partial charge is 0.490 e. The number of hydrogen-bond acceptors (Lipinski definition) is 5. The Morgan fingerprint density at radius 2 is 2.04 bits per heavy atom. The van der Waals surface area contributed by atoms with E-state index in [9.17, 15) is 4.79 Å². The number of aromatic nitrogens is 1. The third kappa shape index (κ3) is 4.72. The molecule has 7 heteroatoms. The average Bonchev–Trinajstić information content (AvgIpc) is 3.11. The zero-order valence-corrected chi connectivity index (χ0v) is 15.8. The van der Waals surface area contributed by atoms with Gasteiger partial charge < -0.3 is 24.4 Å². The summed E-state index contributed by atoms with van der Waals surface area (Å²) in [6, 6.07) is 9.15. The number of rotatable bonds is 5. The number of carbonyl (C=O) groups excluding carboxylic acids is 1. The number of carbonyl (C=O) groups is 1. The second kappa shape index (κ2) is 8.93. The molecule has 3 heterocycles. The van der Waals surface area contributed by atoms with Crippen LogP contribution in [0.5, 0.6) is 11.5 Å². The SMILES string of the molecule is O=C(Nc1ccc2c(c1)OCCCO2)N(Cc1cccnc1)CC1CCCO1. The number of nitrogens with zero attached hydrogens (tertiary/aromatic N) is 2. The molecule has 1 aromatic carbocycles. The molecule has 2 amide bonds. The number of ether oxygens (including phenoxy) is 3. The second-order valence-corrected chi connectivity index (χ2v) is 7.02. The van der Waals surface area contributed by atoms with Gasteiger partial charge in [0.25, 0.3) is 0 Å². The van der Waals surface area contributed by atoms with Crippen molar-refractivity contribution in [3.8, 4) is 11.5 Å². The highest BCUT2D eigenvalue weighted by Crippen LogP contribution is 2.32. The van der Waals surface area contributed by atoms with Crippen LogP contribution >= 0.6 is 0 Å². The first kappa shape index (κ1) is 18.6. The summed E-state index contributed by atoms with van der Waals surface area (Å²) in [4.78, 5) is 18.9. The van der Waals surface area contributed by atoms with Crippen LogP contribution in [-0.2, 0) is 11.3 Å². The molecule has 1 saturated heterocycles. The molecule has 2 aliphatic heterocycles. The minimum atomic E-state index is -0.172. The first-order chi connectivity index (χ1) is 13.8. The van der Waals surface area contributed by atoms with E-state index in [-0.39, 0.29) is 12.1 Å². The van der Waals surface area contributed by atoms with Crippen molar-refractivity contribution in [3.05, 3.63) is 48.3 Å². The Morgan fingerprint density at radius 1 is 1.14 bits per heavy atom. The minimum Gasteiger partial charge on any atom is -0.490 e. The van der Waals surface area contributed by atoms with Crippen LogP contribution in [0.3, 0.4) is 0 Å². The minimum absolute atomic E-state index is 0.0752. The van der Waals surface area contributed by atoms with Crippen LogP contribution in [-0.4, -0.2) is 48.4 Å². The summed E-state index contributed by atoms with van der Waals surface area (Å²) in [5.74, 6) is 1.37. The Kier molecular flexibility index (Phi) is 5.92. The lowest BCUT2D eigenvalue weighted by atomic mass is 10.2. The van der Waals surface area contributed by atoms with Gasteiger partial charge in [0.05, 0.1) is 19.3 Å². The first-order valence-electron chi connectivity index (χ1n) is 9.74. The summed E-state index contributed by atoms with van der Waals surface area (Å²) in [5, 5.41) is 2.98. The third-order valence-corrected chi connectivity index (χ3v) is 4.83. The molecule has 0 bridgehead atoms. The van der Waals surface area contributed by atoms with Crippen LogP contribution in [0.2, 0.25) is 0 Å². The zero-order valence-electron chi connectivity index (χ0n) is 15.8. The number of fused-ring (bicyclic) bond motifs is 1. The van der Waals surface area contributed by atoms with E-state index in [1.165, 1.54) is 0 Å². The maximum absolute atomic E-state index is 13.0. The Bertz CT molecular complexity index is 793. The smallest absolute Gasteiger partial charge is 0.322 e. The number of amides is 2. The molecule has 0 saturated carbocycles. The predicted molar refractivity (Wildman–Crippen MR) is 105 cm³/mol. The van der Waals surface area contributed by atoms with Gasteiger partial charge in [-0.15, -0.1) is 0 Å². The fraction of sp³-hybridized carbons (Fsp3) is 0.429. The van der Waals surface area contributed by atoms with Crippen molar-refractivity contribution in [2.24, 2.45) is 0 Å². The van der Waals surface area contributed by atoms with Crippen LogP contribution in [0, 0.1) is 0 Å². The normalized spacial score (nSPS) is 18.4. The highest BCUT2D eigenvalue weighted by molar-refractivity contribution is 5.89. The number of benzene rings is 1. The van der Waals surface area contributed by atoms with E-state index in [1.807, 2.05) is 30.3 Å². The summed E-state index contributed by atoms with van der Waals surface area (Å²) in [7, 11) is 0. The van der Waals surface area contributed by atoms with Crippen molar-refractivity contribution in [3.63, 3.8) is 0 Å². The lowest BCUT2D eigenvalue weighted by Crippen LogP contribution is -2.39. The Hall–Kier alpha value is -2.80. The molecule has 0 radical (unpaired) electrons. The molecule has 0 aliphatic carbocycles. The predicted octanol–water partition coefficient (Wildman–Crippen LogP) is 3.46. The van der Waals surface area contributed by atoms with Gasteiger partial charge in [0.1, 0.15) is 0 Å². The Morgan fingerprint density at radius 3 is 2.82 bits per heavy atom. The first-order valence-corrected chi connectivity index (χ1v) is 9.74. The maximum Gasteiger partial charge on any atom is 0.322 e. The van der Waals surface area contributed by atoms with E-state index < -0.39 is 0 Å². The number of anilines is 1. The van der Waals surface area contributed by atoms with E-state index in [2.05, 4.69) is 10.3 Å². The topological polar surface area (TPSA) is 72.9 Å². The molecular weight excluding hydrogens is 358 g/mol. The van der Waals surface area contributed by atoms with Gasteiger partial charge in [-0.05, 0) is 36.6 Å². The van der Waals surface area contributed by atoms with Crippen LogP contribution in [0.15, 0.2) is 42.7 Å². The quantitative estimate of drug-likeness (QED) is 0.856. The van der Waals surface area contributed by atoms with Gasteiger partial charge in [-0.1, -0.05) is 6.07 Å². The number of pyridine rings is 1. The Labute approximate surface area is 164 Å². The summed E-state index contributed by atoms with van der Waals surface area (Å²) < 4.78 is 17.1. The molecule has 1 unspecified atom stereocenters. The fourth-order valence-corrected chi connectivity index (χ4v) is 3.41. The third-order valence-electron chi connectivity index (χ3n) is 4.83.